The fourth-order valence-electron chi connectivity index (χ4n) is 2.87. The molecule has 1 N–H and O–H groups in total. The molecule has 2 aromatic rings. The molecule has 1 aromatic carbocycles. The first-order chi connectivity index (χ1) is 10.7. The van der Waals surface area contributed by atoms with Crippen LogP contribution in [0.3, 0.4) is 0 Å². The quantitative estimate of drug-likeness (QED) is 0.875. The number of hydrogen-bond acceptors (Lipinski definition) is 3. The zero-order chi connectivity index (χ0) is 15.5. The Kier molecular flexibility index (Phi) is 3.60. The number of rotatable bonds is 1. The van der Waals surface area contributed by atoms with Gasteiger partial charge in [0.2, 0.25) is 0 Å². The van der Waals surface area contributed by atoms with Gasteiger partial charge in [0.15, 0.2) is 0 Å². The van der Waals surface area contributed by atoms with E-state index in [1.54, 1.807) is 0 Å². The number of hydrogen-bond donors (Lipinski definition) is 1. The average Bonchev–Trinajstić information content (AvgIpc) is 2.55. The Morgan fingerprint density at radius 2 is 1.77 bits per heavy atom. The third kappa shape index (κ3) is 2.32. The van der Waals surface area contributed by atoms with Crippen molar-refractivity contribution in [3.8, 4) is 12.1 Å². The lowest BCUT2D eigenvalue weighted by atomic mass is 9.86. The highest BCUT2D eigenvalue weighted by atomic mass is 16.1. The Morgan fingerprint density at radius 3 is 2.45 bits per heavy atom. The Balaban J connectivity index is 2.23. The van der Waals surface area contributed by atoms with Gasteiger partial charge in [0, 0.05) is 5.69 Å². The molecular weight excluding hydrogens is 274 g/mol. The Morgan fingerprint density at radius 1 is 1.05 bits per heavy atom. The van der Waals surface area contributed by atoms with Crippen molar-refractivity contribution in [3.63, 3.8) is 0 Å². The fraction of sp³-hybridized carbons (Fsp3) is 0.167. The van der Waals surface area contributed by atoms with E-state index in [-0.39, 0.29) is 11.1 Å². The second-order valence-corrected chi connectivity index (χ2v) is 5.22. The second kappa shape index (κ2) is 5.71. The summed E-state index contributed by atoms with van der Waals surface area (Å²) < 4.78 is 0. The van der Waals surface area contributed by atoms with Gasteiger partial charge >= 0.3 is 0 Å². The van der Waals surface area contributed by atoms with E-state index in [1.165, 1.54) is 0 Å². The zero-order valence-corrected chi connectivity index (χ0v) is 11.9. The van der Waals surface area contributed by atoms with Crippen molar-refractivity contribution in [2.24, 2.45) is 0 Å². The summed E-state index contributed by atoms with van der Waals surface area (Å²) in [4.78, 5) is 14.8. The van der Waals surface area contributed by atoms with E-state index in [4.69, 9.17) is 5.26 Å². The van der Waals surface area contributed by atoms with Gasteiger partial charge in [-0.05, 0) is 42.0 Å². The minimum atomic E-state index is -0.487. The van der Waals surface area contributed by atoms with Crippen molar-refractivity contribution in [3.05, 3.63) is 68.6 Å². The molecule has 0 amide bonds. The van der Waals surface area contributed by atoms with Gasteiger partial charge < -0.3 is 4.98 Å². The van der Waals surface area contributed by atoms with Crippen molar-refractivity contribution in [2.45, 2.75) is 19.3 Å². The molecule has 0 radical (unpaired) electrons. The first kappa shape index (κ1) is 13.9. The molecule has 1 aliphatic carbocycles. The molecule has 22 heavy (non-hydrogen) atoms. The molecule has 0 saturated heterocycles. The normalized spacial score (nSPS) is 14.9. The molecular formula is C18H13N3O. The van der Waals surface area contributed by atoms with Crippen molar-refractivity contribution >= 4 is 11.6 Å². The monoisotopic (exact) mass is 287 g/mol. The van der Waals surface area contributed by atoms with Gasteiger partial charge in [-0.15, -0.1) is 0 Å². The van der Waals surface area contributed by atoms with Crippen LogP contribution in [-0.4, -0.2) is 4.98 Å². The molecule has 0 unspecified atom stereocenters. The highest BCUT2D eigenvalue weighted by Gasteiger charge is 2.22. The lowest BCUT2D eigenvalue weighted by molar-refractivity contribution is 0.804. The predicted molar refractivity (Wildman–Crippen MR) is 83.7 cm³/mol. The molecule has 3 rings (SSSR count). The van der Waals surface area contributed by atoms with Crippen molar-refractivity contribution in [2.75, 3.05) is 0 Å². The lowest BCUT2D eigenvalue weighted by Gasteiger charge is -2.20. The Hall–Kier alpha value is -3.11. The van der Waals surface area contributed by atoms with E-state index in [2.05, 4.69) is 4.98 Å². The van der Waals surface area contributed by atoms with Gasteiger partial charge in [-0.3, -0.25) is 4.79 Å². The van der Waals surface area contributed by atoms with Crippen LogP contribution in [0.5, 0.6) is 0 Å². The molecule has 0 bridgehead atoms. The number of nitrogens with one attached hydrogen (secondary N) is 1. The maximum absolute atomic E-state index is 12.0. The van der Waals surface area contributed by atoms with E-state index in [0.717, 1.165) is 29.5 Å². The highest BCUT2D eigenvalue weighted by Crippen LogP contribution is 2.32. The van der Waals surface area contributed by atoms with E-state index in [0.29, 0.717) is 12.1 Å². The molecule has 0 fully saturated rings. The second-order valence-electron chi connectivity index (χ2n) is 5.22. The largest absolute Gasteiger partial charge is 0.321 e. The summed E-state index contributed by atoms with van der Waals surface area (Å²) in [5.74, 6) is 0. The summed E-state index contributed by atoms with van der Waals surface area (Å²) >= 11 is 0. The van der Waals surface area contributed by atoms with Crippen LogP contribution in [0.25, 0.3) is 11.6 Å². The molecule has 0 atom stereocenters. The lowest BCUT2D eigenvalue weighted by Crippen LogP contribution is -2.20. The Labute approximate surface area is 128 Å². The fourth-order valence-corrected chi connectivity index (χ4v) is 2.87. The molecule has 4 heteroatoms. The molecule has 0 spiro atoms. The maximum Gasteiger partial charge on any atom is 0.267 e. The number of aromatic nitrogens is 1. The predicted octanol–water partition coefficient (Wildman–Crippen LogP) is 3.00. The summed E-state index contributed by atoms with van der Waals surface area (Å²) in [7, 11) is 0. The highest BCUT2D eigenvalue weighted by molar-refractivity contribution is 5.83. The van der Waals surface area contributed by atoms with Gasteiger partial charge in [-0.2, -0.15) is 10.5 Å². The summed E-state index contributed by atoms with van der Waals surface area (Å²) in [6.07, 6.45) is 4.48. The molecule has 0 aliphatic heterocycles. The third-order valence-electron chi connectivity index (χ3n) is 3.88. The van der Waals surface area contributed by atoms with Crippen LogP contribution in [0.2, 0.25) is 0 Å². The summed E-state index contributed by atoms with van der Waals surface area (Å²) in [6, 6.07) is 13.7. The minimum absolute atomic E-state index is 0.0813. The SMILES string of the molecule is N#Cc1c2c([nH]c(=O)c1C#N)/C(=C/c1ccccc1)CCC2. The van der Waals surface area contributed by atoms with Crippen molar-refractivity contribution in [1.82, 2.24) is 4.98 Å². The summed E-state index contributed by atoms with van der Waals surface area (Å²) in [6.45, 7) is 0. The number of aromatic amines is 1. The van der Waals surface area contributed by atoms with Crippen LogP contribution in [0.4, 0.5) is 0 Å². The number of H-pyrrole nitrogens is 1. The van der Waals surface area contributed by atoms with E-state index in [1.807, 2.05) is 48.5 Å². The van der Waals surface area contributed by atoms with E-state index >= 15 is 0 Å². The molecule has 1 heterocycles. The van der Waals surface area contributed by atoms with Crippen LogP contribution in [-0.2, 0) is 6.42 Å². The van der Waals surface area contributed by atoms with Crippen LogP contribution in [0.1, 0.15) is 40.8 Å². The smallest absolute Gasteiger partial charge is 0.267 e. The van der Waals surface area contributed by atoms with Crippen LogP contribution in [0.15, 0.2) is 35.1 Å². The van der Waals surface area contributed by atoms with Crippen LogP contribution < -0.4 is 5.56 Å². The number of allylic oxidation sites excluding steroid dienone is 1. The maximum atomic E-state index is 12.0. The number of pyridine rings is 1. The van der Waals surface area contributed by atoms with Gasteiger partial charge in [0.25, 0.3) is 5.56 Å². The first-order valence-corrected chi connectivity index (χ1v) is 7.10. The molecule has 4 nitrogen and oxygen atoms in total. The topological polar surface area (TPSA) is 80.4 Å². The van der Waals surface area contributed by atoms with Crippen molar-refractivity contribution < 1.29 is 0 Å². The van der Waals surface area contributed by atoms with Gasteiger partial charge in [0.05, 0.1) is 5.56 Å². The first-order valence-electron chi connectivity index (χ1n) is 7.10. The Bertz CT molecular complexity index is 893. The molecule has 1 aliphatic rings. The van der Waals surface area contributed by atoms with Crippen LogP contribution in [0, 0.1) is 22.7 Å². The minimum Gasteiger partial charge on any atom is -0.321 e. The summed E-state index contributed by atoms with van der Waals surface area (Å²) in [5.41, 5.74) is 3.20. The summed E-state index contributed by atoms with van der Waals surface area (Å²) in [5, 5.41) is 18.4. The number of nitrogens with zero attached hydrogens (tertiary/aromatic N) is 2. The van der Waals surface area contributed by atoms with Gasteiger partial charge in [-0.25, -0.2) is 0 Å². The average molecular weight is 287 g/mol. The zero-order valence-electron chi connectivity index (χ0n) is 11.9. The van der Waals surface area contributed by atoms with Crippen molar-refractivity contribution in [1.29, 1.82) is 10.5 Å². The number of benzene rings is 1. The molecule has 1 aromatic heterocycles. The van der Waals surface area contributed by atoms with Gasteiger partial charge in [-0.1, -0.05) is 30.3 Å². The van der Waals surface area contributed by atoms with Crippen LogP contribution >= 0.6 is 0 Å². The molecule has 106 valence electrons. The van der Waals surface area contributed by atoms with E-state index < -0.39 is 5.56 Å². The standard InChI is InChI=1S/C18H13N3O/c19-10-15-14-8-4-7-13(9-12-5-2-1-3-6-12)17(14)21-18(22)16(15)11-20/h1-3,5-6,9H,4,7-8H2,(H,21,22)/b13-9+. The van der Waals surface area contributed by atoms with Gasteiger partial charge in [0.1, 0.15) is 17.7 Å². The third-order valence-corrected chi connectivity index (χ3v) is 3.88. The van der Waals surface area contributed by atoms with E-state index in [9.17, 15) is 10.1 Å². The number of fused-ring (bicyclic) bond motifs is 1. The number of nitriles is 2. The molecule has 0 saturated carbocycles.